The van der Waals surface area contributed by atoms with Gasteiger partial charge in [-0.05, 0) is 117 Å². The first-order valence-electron chi connectivity index (χ1n) is 14.9. The molecule has 0 aromatic rings. The molecule has 0 heterocycles. The van der Waals surface area contributed by atoms with Crippen LogP contribution in [0.5, 0.6) is 0 Å². The molecular formula is C30H53NO4. The maximum Gasteiger partial charge on any atom is 0.409 e. The van der Waals surface area contributed by atoms with E-state index >= 15 is 0 Å². The molecule has 4 saturated carbocycles. The number of carbonyl (C=O) groups excluding carboxylic acids is 1. The second-order valence-electron chi connectivity index (χ2n) is 13.2. The van der Waals surface area contributed by atoms with Crippen LogP contribution in [0, 0.1) is 52.3 Å². The van der Waals surface area contributed by atoms with E-state index in [1.807, 2.05) is 13.8 Å². The standard InChI is InChI=1S/C30H53NO4/c1-7-21-25-18-20(32)12-15-30(25,6)24-13-16-29(5)22(10-11-23(29)26(24)27(21)33)19(4)14-17-35-28(34)31(8-2)9-3/h19-27,32-33H,7-18H2,1-6H3/t19-,20-,21-,22-,23+,24+,25+,26+,27-,29-,30-/m1/s1. The minimum atomic E-state index is -0.234. The van der Waals surface area contributed by atoms with Gasteiger partial charge in [0.25, 0.3) is 0 Å². The van der Waals surface area contributed by atoms with E-state index in [0.717, 1.165) is 32.1 Å². The van der Waals surface area contributed by atoms with Crippen LogP contribution in [-0.2, 0) is 4.74 Å². The lowest BCUT2D eigenvalue weighted by atomic mass is 9.41. The third kappa shape index (κ3) is 4.56. The van der Waals surface area contributed by atoms with Gasteiger partial charge in [-0.2, -0.15) is 0 Å². The number of carbonyl (C=O) groups is 1. The van der Waals surface area contributed by atoms with Gasteiger partial charge in [0, 0.05) is 13.1 Å². The molecule has 4 rings (SSSR count). The molecule has 4 fully saturated rings. The molecule has 0 unspecified atom stereocenters. The van der Waals surface area contributed by atoms with Crippen molar-refractivity contribution in [3.8, 4) is 0 Å². The average Bonchev–Trinajstić information content (AvgIpc) is 3.18. The van der Waals surface area contributed by atoms with E-state index in [2.05, 4.69) is 27.7 Å². The molecule has 0 spiro atoms. The lowest BCUT2D eigenvalue weighted by Gasteiger charge is -2.64. The fourth-order valence-corrected chi connectivity index (χ4v) is 10.0. The van der Waals surface area contributed by atoms with Gasteiger partial charge in [0.2, 0.25) is 0 Å². The monoisotopic (exact) mass is 491 g/mol. The van der Waals surface area contributed by atoms with Crippen molar-refractivity contribution in [2.24, 2.45) is 52.3 Å². The van der Waals surface area contributed by atoms with Crippen LogP contribution in [0.2, 0.25) is 0 Å². The second-order valence-corrected chi connectivity index (χ2v) is 13.2. The molecule has 0 aromatic heterocycles. The van der Waals surface area contributed by atoms with E-state index in [4.69, 9.17) is 4.74 Å². The van der Waals surface area contributed by atoms with Gasteiger partial charge in [-0.15, -0.1) is 0 Å². The molecule has 11 atom stereocenters. The van der Waals surface area contributed by atoms with Gasteiger partial charge in [-0.3, -0.25) is 0 Å². The number of amides is 1. The van der Waals surface area contributed by atoms with Gasteiger partial charge in [0.15, 0.2) is 0 Å². The van der Waals surface area contributed by atoms with Crippen LogP contribution < -0.4 is 0 Å². The predicted octanol–water partition coefficient (Wildman–Crippen LogP) is 6.12. The van der Waals surface area contributed by atoms with Crippen molar-refractivity contribution >= 4 is 6.09 Å². The number of ether oxygens (including phenoxy) is 1. The maximum atomic E-state index is 12.3. The van der Waals surface area contributed by atoms with Crippen LogP contribution in [0.1, 0.15) is 99.3 Å². The van der Waals surface area contributed by atoms with E-state index in [9.17, 15) is 15.0 Å². The van der Waals surface area contributed by atoms with Crippen molar-refractivity contribution in [3.05, 3.63) is 0 Å². The summed E-state index contributed by atoms with van der Waals surface area (Å²) in [7, 11) is 0. The molecule has 5 nitrogen and oxygen atoms in total. The molecule has 202 valence electrons. The Bertz CT molecular complexity index is 740. The molecule has 1 amide bonds. The fraction of sp³-hybridized carbons (Fsp3) is 0.967. The smallest absolute Gasteiger partial charge is 0.409 e. The summed E-state index contributed by atoms with van der Waals surface area (Å²) in [5.41, 5.74) is 0.521. The SMILES string of the molecule is CC[C@H]1[C@@H](O)[C@@H]2[C@H](CC[C@]3(C)[C@@H]([C@H](C)CCOC(=O)N(CC)CC)CC[C@@H]23)[C@@]2(C)CC[C@@H](O)C[C@@H]12. The zero-order valence-corrected chi connectivity index (χ0v) is 23.3. The average molecular weight is 492 g/mol. The summed E-state index contributed by atoms with van der Waals surface area (Å²) < 4.78 is 5.62. The molecule has 35 heavy (non-hydrogen) atoms. The molecule has 0 aliphatic heterocycles. The first-order chi connectivity index (χ1) is 16.6. The van der Waals surface area contributed by atoms with Gasteiger partial charge in [0.05, 0.1) is 18.8 Å². The van der Waals surface area contributed by atoms with Gasteiger partial charge >= 0.3 is 6.09 Å². The number of aliphatic hydroxyl groups is 2. The first-order valence-corrected chi connectivity index (χ1v) is 14.9. The normalized spacial score (nSPS) is 45.7. The van der Waals surface area contributed by atoms with Crippen molar-refractivity contribution in [1.29, 1.82) is 0 Å². The van der Waals surface area contributed by atoms with Crippen molar-refractivity contribution in [2.75, 3.05) is 19.7 Å². The number of hydrogen-bond acceptors (Lipinski definition) is 4. The number of aliphatic hydroxyl groups excluding tert-OH is 2. The largest absolute Gasteiger partial charge is 0.449 e. The van der Waals surface area contributed by atoms with Gasteiger partial charge < -0.3 is 19.8 Å². The molecule has 4 aliphatic rings. The Labute approximate surface area is 214 Å². The first kappa shape index (κ1) is 27.2. The molecule has 0 radical (unpaired) electrons. The molecular weight excluding hydrogens is 438 g/mol. The van der Waals surface area contributed by atoms with Crippen molar-refractivity contribution in [2.45, 2.75) is 112 Å². The highest BCUT2D eigenvalue weighted by atomic mass is 16.6. The zero-order chi connectivity index (χ0) is 25.5. The van der Waals surface area contributed by atoms with Crippen LogP contribution in [0.4, 0.5) is 4.79 Å². The minimum Gasteiger partial charge on any atom is -0.449 e. The third-order valence-electron chi connectivity index (χ3n) is 12.0. The number of hydrogen-bond donors (Lipinski definition) is 2. The molecule has 0 saturated heterocycles. The number of nitrogens with zero attached hydrogens (tertiary/aromatic N) is 1. The number of rotatable bonds is 7. The summed E-state index contributed by atoms with van der Waals surface area (Å²) in [4.78, 5) is 14.0. The summed E-state index contributed by atoms with van der Waals surface area (Å²) in [6, 6.07) is 0. The molecule has 0 bridgehead atoms. The molecule has 4 aliphatic carbocycles. The van der Waals surface area contributed by atoms with Crippen molar-refractivity contribution in [1.82, 2.24) is 4.90 Å². The highest BCUT2D eigenvalue weighted by Crippen LogP contribution is 2.69. The van der Waals surface area contributed by atoms with Gasteiger partial charge in [-0.1, -0.05) is 34.1 Å². The topological polar surface area (TPSA) is 70.0 Å². The predicted molar refractivity (Wildman–Crippen MR) is 140 cm³/mol. The van der Waals surface area contributed by atoms with Gasteiger partial charge in [-0.25, -0.2) is 4.79 Å². The molecule has 2 N–H and O–H groups in total. The van der Waals surface area contributed by atoms with Crippen molar-refractivity contribution in [3.63, 3.8) is 0 Å². The summed E-state index contributed by atoms with van der Waals surface area (Å²) in [6.07, 6.45) is 9.18. The van der Waals surface area contributed by atoms with Gasteiger partial charge in [0.1, 0.15) is 0 Å². The highest BCUT2D eigenvalue weighted by molar-refractivity contribution is 5.67. The number of fused-ring (bicyclic) bond motifs is 5. The molecule has 0 aromatic carbocycles. The third-order valence-corrected chi connectivity index (χ3v) is 12.0. The Hall–Kier alpha value is -0.810. The highest BCUT2D eigenvalue weighted by Gasteiger charge is 2.64. The summed E-state index contributed by atoms with van der Waals surface area (Å²) in [6.45, 7) is 15.5. The Morgan fingerprint density at radius 2 is 1.63 bits per heavy atom. The second kappa shape index (κ2) is 10.5. The lowest BCUT2D eigenvalue weighted by Crippen LogP contribution is -2.62. The summed E-state index contributed by atoms with van der Waals surface area (Å²) in [5.74, 6) is 3.48. The Kier molecular flexibility index (Phi) is 8.18. The maximum absolute atomic E-state index is 12.3. The minimum absolute atomic E-state index is 0.186. The van der Waals surface area contributed by atoms with E-state index in [1.165, 1.54) is 25.7 Å². The van der Waals surface area contributed by atoms with Crippen LogP contribution in [0.15, 0.2) is 0 Å². The lowest BCUT2D eigenvalue weighted by molar-refractivity contribution is -0.203. The summed E-state index contributed by atoms with van der Waals surface area (Å²) in [5, 5.41) is 22.3. The zero-order valence-electron chi connectivity index (χ0n) is 23.3. The van der Waals surface area contributed by atoms with E-state index in [1.54, 1.807) is 4.90 Å². The Morgan fingerprint density at radius 3 is 2.29 bits per heavy atom. The van der Waals surface area contributed by atoms with Crippen molar-refractivity contribution < 1.29 is 19.7 Å². The van der Waals surface area contributed by atoms with E-state index < -0.39 is 0 Å². The molecule has 5 heteroatoms. The Morgan fingerprint density at radius 1 is 0.971 bits per heavy atom. The van der Waals surface area contributed by atoms with E-state index in [0.29, 0.717) is 61.1 Å². The quantitative estimate of drug-likeness (QED) is 0.450. The summed E-state index contributed by atoms with van der Waals surface area (Å²) >= 11 is 0. The Balaban J connectivity index is 1.47. The van der Waals surface area contributed by atoms with Crippen LogP contribution in [0.3, 0.4) is 0 Å². The van der Waals surface area contributed by atoms with Crippen LogP contribution in [-0.4, -0.2) is 53.1 Å². The van der Waals surface area contributed by atoms with Crippen LogP contribution >= 0.6 is 0 Å². The van der Waals surface area contributed by atoms with Crippen LogP contribution in [0.25, 0.3) is 0 Å². The fourth-order valence-electron chi connectivity index (χ4n) is 10.0. The van der Waals surface area contributed by atoms with E-state index in [-0.39, 0.29) is 29.1 Å².